The normalized spacial score (nSPS) is 35.6. The Morgan fingerprint density at radius 2 is 1.65 bits per heavy atom. The zero-order valence-corrected chi connectivity index (χ0v) is 11.2. The number of hydrogen-bond donors (Lipinski definition) is 1. The van der Waals surface area contributed by atoms with Crippen molar-refractivity contribution in [2.24, 2.45) is 16.6 Å². The molecule has 0 aromatic carbocycles. The molecular weight excluding hydrogens is 212 g/mol. The molecule has 0 radical (unpaired) electrons. The molecule has 0 amide bonds. The monoisotopic (exact) mass is 238 g/mol. The molecule has 98 valence electrons. The van der Waals surface area contributed by atoms with Crippen LogP contribution in [-0.4, -0.2) is 43.3 Å². The summed E-state index contributed by atoms with van der Waals surface area (Å²) in [5.41, 5.74) is 7.41. The molecule has 2 aliphatic heterocycles. The molecule has 3 aliphatic rings. The molecule has 3 fully saturated rings. The smallest absolute Gasteiger partial charge is 0.0559 e. The fraction of sp³-hybridized carbons (Fsp3) is 1.00. The first kappa shape index (κ1) is 11.9. The zero-order chi connectivity index (χ0) is 12.1. The van der Waals surface area contributed by atoms with E-state index in [2.05, 4.69) is 18.7 Å². The van der Waals surface area contributed by atoms with Gasteiger partial charge in [0.1, 0.15) is 0 Å². The molecule has 1 unspecified atom stereocenters. The Hall–Kier alpha value is -0.120. The van der Waals surface area contributed by atoms with Crippen LogP contribution in [0.2, 0.25) is 0 Å². The van der Waals surface area contributed by atoms with Crippen molar-refractivity contribution in [3.8, 4) is 0 Å². The minimum atomic E-state index is 0.361. The van der Waals surface area contributed by atoms with Gasteiger partial charge in [-0.3, -0.25) is 0 Å². The molecule has 0 aromatic rings. The van der Waals surface area contributed by atoms with E-state index in [0.717, 1.165) is 13.2 Å². The van der Waals surface area contributed by atoms with Crippen LogP contribution in [-0.2, 0) is 4.74 Å². The second kappa shape index (κ2) is 3.94. The van der Waals surface area contributed by atoms with Gasteiger partial charge in [0, 0.05) is 17.5 Å². The van der Waals surface area contributed by atoms with Gasteiger partial charge in [-0.25, -0.2) is 0 Å². The largest absolute Gasteiger partial charge is 0.380 e. The molecule has 3 nitrogen and oxygen atoms in total. The Labute approximate surface area is 105 Å². The van der Waals surface area contributed by atoms with E-state index in [-0.39, 0.29) is 0 Å². The summed E-state index contributed by atoms with van der Waals surface area (Å²) in [6.45, 7) is 8.92. The van der Waals surface area contributed by atoms with E-state index in [4.69, 9.17) is 10.5 Å². The lowest BCUT2D eigenvalue weighted by molar-refractivity contribution is -0.127. The molecule has 2 spiro atoms. The Morgan fingerprint density at radius 3 is 2.06 bits per heavy atom. The van der Waals surface area contributed by atoms with Gasteiger partial charge >= 0.3 is 0 Å². The molecule has 2 saturated heterocycles. The maximum Gasteiger partial charge on any atom is 0.0559 e. The highest BCUT2D eigenvalue weighted by atomic mass is 16.5. The predicted octanol–water partition coefficient (Wildman–Crippen LogP) is 1.61. The molecule has 2 heterocycles. The van der Waals surface area contributed by atoms with E-state index in [1.807, 2.05) is 0 Å². The third-order valence-electron chi connectivity index (χ3n) is 5.74. The van der Waals surface area contributed by atoms with Crippen molar-refractivity contribution in [1.82, 2.24) is 4.90 Å². The van der Waals surface area contributed by atoms with E-state index in [1.165, 1.54) is 38.8 Å². The fourth-order valence-electron chi connectivity index (χ4n) is 4.19. The minimum absolute atomic E-state index is 0.361. The van der Waals surface area contributed by atoms with Crippen molar-refractivity contribution in [1.29, 1.82) is 0 Å². The Morgan fingerprint density at radius 1 is 1.06 bits per heavy atom. The summed E-state index contributed by atoms with van der Waals surface area (Å²) in [6.07, 6.45) is 5.24. The number of rotatable bonds is 1. The molecular formula is C14H26N2O. The Bertz CT molecular complexity index is 291. The van der Waals surface area contributed by atoms with E-state index >= 15 is 0 Å². The van der Waals surface area contributed by atoms with Crippen molar-refractivity contribution < 1.29 is 4.74 Å². The maximum absolute atomic E-state index is 6.61. The number of ether oxygens (including phenoxy) is 1. The SMILES string of the molecule is CC(C)N1CCC2(CC1)CCC1(COC1)C2N. The van der Waals surface area contributed by atoms with Gasteiger partial charge in [0.05, 0.1) is 13.2 Å². The van der Waals surface area contributed by atoms with Crippen LogP contribution >= 0.6 is 0 Å². The highest BCUT2D eigenvalue weighted by molar-refractivity contribution is 5.11. The second-order valence-electron chi connectivity index (χ2n) is 6.82. The van der Waals surface area contributed by atoms with Gasteiger partial charge in [0.15, 0.2) is 0 Å². The minimum Gasteiger partial charge on any atom is -0.380 e. The molecule has 1 atom stereocenters. The topological polar surface area (TPSA) is 38.5 Å². The van der Waals surface area contributed by atoms with Crippen LogP contribution in [0.3, 0.4) is 0 Å². The van der Waals surface area contributed by atoms with Gasteiger partial charge < -0.3 is 15.4 Å². The third kappa shape index (κ3) is 1.66. The Kier molecular flexibility index (Phi) is 2.77. The number of nitrogens with two attached hydrogens (primary N) is 1. The molecule has 3 heteroatoms. The van der Waals surface area contributed by atoms with Crippen LogP contribution in [0.1, 0.15) is 39.5 Å². The standard InChI is InChI=1S/C14H26N2O/c1-11(2)16-7-5-13(6-8-16)3-4-14(12(13)15)9-17-10-14/h11-12H,3-10,15H2,1-2H3. The van der Waals surface area contributed by atoms with Gasteiger partial charge in [-0.1, -0.05) is 0 Å². The van der Waals surface area contributed by atoms with Crippen LogP contribution in [0.5, 0.6) is 0 Å². The van der Waals surface area contributed by atoms with E-state index in [0.29, 0.717) is 22.9 Å². The molecule has 0 bridgehead atoms. The number of piperidine rings is 1. The van der Waals surface area contributed by atoms with Crippen LogP contribution < -0.4 is 5.73 Å². The van der Waals surface area contributed by atoms with Crippen molar-refractivity contribution in [3.63, 3.8) is 0 Å². The quantitative estimate of drug-likeness (QED) is 0.754. The summed E-state index contributed by atoms with van der Waals surface area (Å²) in [5.74, 6) is 0. The predicted molar refractivity (Wildman–Crippen MR) is 68.8 cm³/mol. The summed E-state index contributed by atoms with van der Waals surface area (Å²) < 4.78 is 5.43. The molecule has 2 N–H and O–H groups in total. The first-order valence-electron chi connectivity index (χ1n) is 7.15. The zero-order valence-electron chi connectivity index (χ0n) is 11.2. The van der Waals surface area contributed by atoms with Crippen molar-refractivity contribution >= 4 is 0 Å². The van der Waals surface area contributed by atoms with Gasteiger partial charge in [-0.2, -0.15) is 0 Å². The third-order valence-corrected chi connectivity index (χ3v) is 5.74. The number of likely N-dealkylation sites (tertiary alicyclic amines) is 1. The van der Waals surface area contributed by atoms with Gasteiger partial charge in [-0.15, -0.1) is 0 Å². The van der Waals surface area contributed by atoms with Crippen LogP contribution in [0, 0.1) is 10.8 Å². The molecule has 3 rings (SSSR count). The lowest BCUT2D eigenvalue weighted by Gasteiger charge is -2.49. The summed E-state index contributed by atoms with van der Waals surface area (Å²) in [7, 11) is 0. The summed E-state index contributed by atoms with van der Waals surface area (Å²) >= 11 is 0. The van der Waals surface area contributed by atoms with E-state index in [1.54, 1.807) is 0 Å². The van der Waals surface area contributed by atoms with Crippen LogP contribution in [0.4, 0.5) is 0 Å². The molecule has 1 aliphatic carbocycles. The number of hydrogen-bond acceptors (Lipinski definition) is 3. The van der Waals surface area contributed by atoms with Crippen LogP contribution in [0.25, 0.3) is 0 Å². The van der Waals surface area contributed by atoms with E-state index < -0.39 is 0 Å². The second-order valence-corrected chi connectivity index (χ2v) is 6.82. The fourth-order valence-corrected chi connectivity index (χ4v) is 4.19. The average Bonchev–Trinajstić information content (AvgIpc) is 2.54. The maximum atomic E-state index is 6.61. The summed E-state index contributed by atoms with van der Waals surface area (Å²) in [4.78, 5) is 2.60. The van der Waals surface area contributed by atoms with Crippen molar-refractivity contribution in [3.05, 3.63) is 0 Å². The van der Waals surface area contributed by atoms with Gasteiger partial charge in [0.2, 0.25) is 0 Å². The van der Waals surface area contributed by atoms with Gasteiger partial charge in [0.25, 0.3) is 0 Å². The lowest BCUT2D eigenvalue weighted by atomic mass is 9.68. The molecule has 17 heavy (non-hydrogen) atoms. The first-order chi connectivity index (χ1) is 8.08. The van der Waals surface area contributed by atoms with E-state index in [9.17, 15) is 0 Å². The van der Waals surface area contributed by atoms with Crippen molar-refractivity contribution in [2.75, 3.05) is 26.3 Å². The summed E-state index contributed by atoms with van der Waals surface area (Å²) in [5, 5.41) is 0. The highest BCUT2D eigenvalue weighted by Gasteiger charge is 2.58. The Balaban J connectivity index is 1.69. The average molecular weight is 238 g/mol. The molecule has 0 aromatic heterocycles. The van der Waals surface area contributed by atoms with Gasteiger partial charge in [-0.05, 0) is 58.0 Å². The number of nitrogens with zero attached hydrogens (tertiary/aromatic N) is 1. The van der Waals surface area contributed by atoms with Crippen molar-refractivity contribution in [2.45, 2.75) is 51.6 Å². The molecule has 1 saturated carbocycles. The summed E-state index contributed by atoms with van der Waals surface area (Å²) in [6, 6.07) is 1.07. The lowest BCUT2D eigenvalue weighted by Crippen LogP contribution is -2.59. The highest BCUT2D eigenvalue weighted by Crippen LogP contribution is 2.56. The van der Waals surface area contributed by atoms with Crippen LogP contribution in [0.15, 0.2) is 0 Å². The first-order valence-corrected chi connectivity index (χ1v) is 7.15.